The fourth-order valence-corrected chi connectivity index (χ4v) is 2.58. The molecule has 0 bridgehead atoms. The van der Waals surface area contributed by atoms with Gasteiger partial charge in [-0.05, 0) is 51.3 Å². The number of hydrazone groups is 1. The standard InChI is InChI=1S/C18H14BrN3O/c1-12(14-7-6-13-4-2-3-5-15(13)8-14)21-22-18(23)16-9-17(19)11-20-10-16/h2-11H,1H3,(H,22,23)/b21-12-. The van der Waals surface area contributed by atoms with Gasteiger partial charge in [-0.2, -0.15) is 5.10 Å². The van der Waals surface area contributed by atoms with Gasteiger partial charge in [0.05, 0.1) is 11.3 Å². The van der Waals surface area contributed by atoms with Crippen LogP contribution in [0.2, 0.25) is 0 Å². The lowest BCUT2D eigenvalue weighted by Gasteiger charge is -2.05. The Labute approximate surface area is 142 Å². The van der Waals surface area contributed by atoms with Crippen molar-refractivity contribution in [1.82, 2.24) is 10.4 Å². The lowest BCUT2D eigenvalue weighted by molar-refractivity contribution is 0.0954. The number of halogens is 1. The molecule has 0 radical (unpaired) electrons. The van der Waals surface area contributed by atoms with Crippen molar-refractivity contribution in [2.45, 2.75) is 6.92 Å². The van der Waals surface area contributed by atoms with Gasteiger partial charge in [-0.15, -0.1) is 0 Å². The van der Waals surface area contributed by atoms with Crippen molar-refractivity contribution in [3.05, 3.63) is 76.5 Å². The maximum Gasteiger partial charge on any atom is 0.272 e. The molecule has 0 saturated carbocycles. The third-order valence-corrected chi connectivity index (χ3v) is 3.89. The van der Waals surface area contributed by atoms with Crippen molar-refractivity contribution >= 4 is 38.3 Å². The fraction of sp³-hybridized carbons (Fsp3) is 0.0556. The molecule has 5 heteroatoms. The van der Waals surface area contributed by atoms with Crippen molar-refractivity contribution < 1.29 is 4.79 Å². The summed E-state index contributed by atoms with van der Waals surface area (Å²) in [7, 11) is 0. The summed E-state index contributed by atoms with van der Waals surface area (Å²) >= 11 is 3.29. The van der Waals surface area contributed by atoms with E-state index >= 15 is 0 Å². The number of carbonyl (C=O) groups is 1. The van der Waals surface area contributed by atoms with Gasteiger partial charge in [0.1, 0.15) is 0 Å². The Kier molecular flexibility index (Phi) is 4.48. The van der Waals surface area contributed by atoms with Crippen LogP contribution < -0.4 is 5.43 Å². The molecule has 1 aromatic heterocycles. The molecule has 1 amide bonds. The quantitative estimate of drug-likeness (QED) is 0.558. The summed E-state index contributed by atoms with van der Waals surface area (Å²) in [6, 6.07) is 15.9. The van der Waals surface area contributed by atoms with Gasteiger partial charge in [-0.1, -0.05) is 36.4 Å². The molecule has 4 nitrogen and oxygen atoms in total. The molecule has 1 heterocycles. The van der Waals surface area contributed by atoms with Crippen LogP contribution in [-0.4, -0.2) is 16.6 Å². The molecular formula is C18H14BrN3O. The van der Waals surface area contributed by atoms with Crippen LogP contribution in [0.4, 0.5) is 0 Å². The number of amides is 1. The number of nitrogens with zero attached hydrogens (tertiary/aromatic N) is 2. The molecule has 1 N–H and O–H groups in total. The highest BCUT2D eigenvalue weighted by Gasteiger charge is 2.06. The van der Waals surface area contributed by atoms with Crippen molar-refractivity contribution in [3.63, 3.8) is 0 Å². The number of benzene rings is 2. The van der Waals surface area contributed by atoms with E-state index in [2.05, 4.69) is 49.6 Å². The molecule has 3 aromatic rings. The van der Waals surface area contributed by atoms with Crippen molar-refractivity contribution in [2.75, 3.05) is 0 Å². The van der Waals surface area contributed by atoms with E-state index in [1.54, 1.807) is 12.3 Å². The third kappa shape index (κ3) is 3.63. The second-order valence-corrected chi connectivity index (χ2v) is 6.01. The number of aromatic nitrogens is 1. The van der Waals surface area contributed by atoms with Gasteiger partial charge in [0.15, 0.2) is 0 Å². The number of fused-ring (bicyclic) bond motifs is 1. The second kappa shape index (κ2) is 6.71. The van der Waals surface area contributed by atoms with E-state index in [0.717, 1.165) is 21.1 Å². The molecule has 0 unspecified atom stereocenters. The van der Waals surface area contributed by atoms with Crippen LogP contribution in [-0.2, 0) is 0 Å². The fourth-order valence-electron chi connectivity index (χ4n) is 2.21. The Morgan fingerprint density at radius 2 is 1.83 bits per heavy atom. The SMILES string of the molecule is C/C(=N/NC(=O)c1cncc(Br)c1)c1ccc2ccccc2c1. The Morgan fingerprint density at radius 3 is 2.61 bits per heavy atom. The average Bonchev–Trinajstić information content (AvgIpc) is 2.59. The van der Waals surface area contributed by atoms with Crippen LogP contribution in [0.3, 0.4) is 0 Å². The van der Waals surface area contributed by atoms with Gasteiger partial charge in [-0.3, -0.25) is 9.78 Å². The highest BCUT2D eigenvalue weighted by molar-refractivity contribution is 9.10. The van der Waals surface area contributed by atoms with Crippen LogP contribution in [0, 0.1) is 0 Å². The maximum absolute atomic E-state index is 12.1. The molecule has 0 spiro atoms. The first-order valence-electron chi connectivity index (χ1n) is 7.08. The number of nitrogens with one attached hydrogen (secondary N) is 1. The summed E-state index contributed by atoms with van der Waals surface area (Å²) in [5.41, 5.74) is 4.73. The van der Waals surface area contributed by atoms with E-state index < -0.39 is 0 Å². The Hall–Kier alpha value is -2.53. The van der Waals surface area contributed by atoms with Crippen LogP contribution >= 0.6 is 15.9 Å². The summed E-state index contributed by atoms with van der Waals surface area (Å²) in [5, 5.41) is 6.50. The molecule has 3 rings (SSSR count). The number of carbonyl (C=O) groups excluding carboxylic acids is 1. The first kappa shape index (κ1) is 15.4. The summed E-state index contributed by atoms with van der Waals surface area (Å²) in [5.74, 6) is -0.293. The second-order valence-electron chi connectivity index (χ2n) is 5.09. The van der Waals surface area contributed by atoms with Gasteiger partial charge in [0.25, 0.3) is 5.91 Å². The average molecular weight is 368 g/mol. The third-order valence-electron chi connectivity index (χ3n) is 3.46. The Morgan fingerprint density at radius 1 is 1.04 bits per heavy atom. The summed E-state index contributed by atoms with van der Waals surface area (Å²) < 4.78 is 0.750. The molecule has 2 aromatic carbocycles. The number of rotatable bonds is 3. The minimum absolute atomic E-state index is 0.293. The molecular weight excluding hydrogens is 354 g/mol. The zero-order chi connectivity index (χ0) is 16.2. The monoisotopic (exact) mass is 367 g/mol. The van der Waals surface area contributed by atoms with Crippen LogP contribution in [0.1, 0.15) is 22.8 Å². The van der Waals surface area contributed by atoms with E-state index in [1.807, 2.05) is 31.2 Å². The zero-order valence-electron chi connectivity index (χ0n) is 12.5. The number of pyridine rings is 1. The predicted molar refractivity (Wildman–Crippen MR) is 95.6 cm³/mol. The molecule has 0 aliphatic rings. The molecule has 0 aliphatic heterocycles. The minimum Gasteiger partial charge on any atom is -0.267 e. The highest BCUT2D eigenvalue weighted by Crippen LogP contribution is 2.16. The largest absolute Gasteiger partial charge is 0.272 e. The summed E-state index contributed by atoms with van der Waals surface area (Å²) in [6.45, 7) is 1.86. The molecule has 0 fully saturated rings. The van der Waals surface area contributed by atoms with Crippen LogP contribution in [0.5, 0.6) is 0 Å². The van der Waals surface area contributed by atoms with Gasteiger partial charge < -0.3 is 0 Å². The molecule has 114 valence electrons. The van der Waals surface area contributed by atoms with Crippen molar-refractivity contribution in [1.29, 1.82) is 0 Å². The smallest absolute Gasteiger partial charge is 0.267 e. The van der Waals surface area contributed by atoms with Gasteiger partial charge >= 0.3 is 0 Å². The lowest BCUT2D eigenvalue weighted by Crippen LogP contribution is -2.19. The summed E-state index contributed by atoms with van der Waals surface area (Å²) in [4.78, 5) is 16.0. The van der Waals surface area contributed by atoms with Crippen LogP contribution in [0.25, 0.3) is 10.8 Å². The Balaban J connectivity index is 1.79. The van der Waals surface area contributed by atoms with Gasteiger partial charge in [0.2, 0.25) is 0 Å². The van der Waals surface area contributed by atoms with E-state index in [0.29, 0.717) is 5.56 Å². The van der Waals surface area contributed by atoms with E-state index in [-0.39, 0.29) is 5.91 Å². The normalized spacial score (nSPS) is 11.5. The maximum atomic E-state index is 12.1. The number of hydrogen-bond donors (Lipinski definition) is 1. The molecule has 23 heavy (non-hydrogen) atoms. The summed E-state index contributed by atoms with van der Waals surface area (Å²) in [6.07, 6.45) is 3.13. The van der Waals surface area contributed by atoms with E-state index in [9.17, 15) is 4.79 Å². The van der Waals surface area contributed by atoms with E-state index in [1.165, 1.54) is 11.6 Å². The Bertz CT molecular complexity index is 905. The predicted octanol–water partition coefficient (Wildman–Crippen LogP) is 4.15. The zero-order valence-corrected chi connectivity index (χ0v) is 14.0. The van der Waals surface area contributed by atoms with Crippen molar-refractivity contribution in [2.24, 2.45) is 5.10 Å². The number of hydrogen-bond acceptors (Lipinski definition) is 3. The minimum atomic E-state index is -0.293. The van der Waals surface area contributed by atoms with Crippen molar-refractivity contribution in [3.8, 4) is 0 Å². The van der Waals surface area contributed by atoms with Crippen LogP contribution in [0.15, 0.2) is 70.5 Å². The van der Waals surface area contributed by atoms with Gasteiger partial charge in [-0.25, -0.2) is 5.43 Å². The first-order chi connectivity index (χ1) is 11.1. The topological polar surface area (TPSA) is 54.4 Å². The van der Waals surface area contributed by atoms with Gasteiger partial charge in [0, 0.05) is 16.9 Å². The van der Waals surface area contributed by atoms with E-state index in [4.69, 9.17) is 0 Å². The molecule has 0 aliphatic carbocycles. The molecule has 0 saturated heterocycles. The molecule has 0 atom stereocenters. The highest BCUT2D eigenvalue weighted by atomic mass is 79.9. The first-order valence-corrected chi connectivity index (χ1v) is 7.87. The lowest BCUT2D eigenvalue weighted by atomic mass is 10.0.